The molecule has 0 saturated heterocycles. The van der Waals surface area contributed by atoms with Gasteiger partial charge in [-0.15, -0.1) is 0 Å². The molecule has 1 heterocycles. The smallest absolute Gasteiger partial charge is 0.269 e. The van der Waals surface area contributed by atoms with Crippen molar-refractivity contribution in [2.45, 2.75) is 4.90 Å². The van der Waals surface area contributed by atoms with Crippen molar-refractivity contribution in [1.29, 1.82) is 0 Å². The van der Waals surface area contributed by atoms with E-state index in [1.165, 1.54) is 24.3 Å². The van der Waals surface area contributed by atoms with Crippen LogP contribution in [0, 0.1) is 10.1 Å². The second-order valence-corrected chi connectivity index (χ2v) is 10.6. The molecule has 2 N–H and O–H groups in total. The molecule has 0 atom stereocenters. The van der Waals surface area contributed by atoms with Crippen LogP contribution in [0.1, 0.15) is 0 Å². The number of nitro groups is 1. The van der Waals surface area contributed by atoms with E-state index in [0.29, 0.717) is 16.7 Å². The molecule has 0 unspecified atom stereocenters. The third-order valence-electron chi connectivity index (χ3n) is 5.46. The third kappa shape index (κ3) is 5.42. The molecule has 0 spiro atoms. The summed E-state index contributed by atoms with van der Waals surface area (Å²) in [6, 6.07) is 27.0. The molecule has 0 aliphatic rings. The summed E-state index contributed by atoms with van der Waals surface area (Å²) < 4.78 is 29.5. The Labute approximate surface area is 220 Å². The first-order chi connectivity index (χ1) is 17.8. The van der Waals surface area contributed by atoms with E-state index in [1.54, 1.807) is 48.5 Å². The monoisotopic (exact) mass is 575 g/mol. The zero-order valence-corrected chi connectivity index (χ0v) is 21.4. The van der Waals surface area contributed by atoms with Gasteiger partial charge in [-0.05, 0) is 71.8 Å². The van der Waals surface area contributed by atoms with E-state index in [-0.39, 0.29) is 22.2 Å². The maximum absolute atomic E-state index is 13.1. The van der Waals surface area contributed by atoms with Gasteiger partial charge in [-0.1, -0.05) is 40.2 Å². The van der Waals surface area contributed by atoms with Crippen LogP contribution in [-0.2, 0) is 10.0 Å². The fourth-order valence-electron chi connectivity index (χ4n) is 3.65. The molecule has 1 aromatic heterocycles. The number of hydrogen-bond donors (Lipinski definition) is 2. The summed E-state index contributed by atoms with van der Waals surface area (Å²) >= 11 is 3.31. The van der Waals surface area contributed by atoms with E-state index in [9.17, 15) is 18.5 Å². The van der Waals surface area contributed by atoms with Crippen molar-refractivity contribution in [3.63, 3.8) is 0 Å². The van der Waals surface area contributed by atoms with Gasteiger partial charge >= 0.3 is 0 Å². The Balaban J connectivity index is 1.51. The molecule has 0 aliphatic heterocycles. The summed E-state index contributed by atoms with van der Waals surface area (Å²) in [5, 5.41) is 14.1. The minimum atomic E-state index is -3.94. The molecule has 5 rings (SSSR count). The van der Waals surface area contributed by atoms with Crippen LogP contribution in [0.4, 0.5) is 23.0 Å². The summed E-state index contributed by atoms with van der Waals surface area (Å²) in [5.41, 5.74) is 3.35. The molecule has 4 aromatic carbocycles. The second-order valence-electron chi connectivity index (χ2n) is 7.98. The van der Waals surface area contributed by atoms with Gasteiger partial charge in [0.15, 0.2) is 11.6 Å². The van der Waals surface area contributed by atoms with E-state index in [4.69, 9.17) is 0 Å². The lowest BCUT2D eigenvalue weighted by molar-refractivity contribution is -0.384. The summed E-state index contributed by atoms with van der Waals surface area (Å²) in [6.07, 6.45) is 0. The molecule has 0 radical (unpaired) electrons. The summed E-state index contributed by atoms with van der Waals surface area (Å²) in [4.78, 5) is 19.7. The molecule has 11 heteroatoms. The zero-order chi connectivity index (χ0) is 26.0. The first-order valence-electron chi connectivity index (χ1n) is 11.0. The van der Waals surface area contributed by atoms with Crippen LogP contribution in [0.2, 0.25) is 0 Å². The van der Waals surface area contributed by atoms with Crippen LogP contribution in [-0.4, -0.2) is 23.3 Å². The number of nitrogens with one attached hydrogen (secondary N) is 2. The first-order valence-corrected chi connectivity index (χ1v) is 13.2. The number of halogens is 1. The Morgan fingerprint density at radius 2 is 1.41 bits per heavy atom. The Kier molecular flexibility index (Phi) is 6.55. The average Bonchev–Trinajstić information content (AvgIpc) is 2.89. The minimum absolute atomic E-state index is 0.00664. The second kappa shape index (κ2) is 9.96. The number of aromatic nitrogens is 2. The number of sulfonamides is 1. The molecule has 37 heavy (non-hydrogen) atoms. The van der Waals surface area contributed by atoms with Crippen molar-refractivity contribution in [3.05, 3.63) is 112 Å². The van der Waals surface area contributed by atoms with Gasteiger partial charge in [0.05, 0.1) is 20.9 Å². The lowest BCUT2D eigenvalue weighted by atomic mass is 10.0. The molecular formula is C26H18BrN5O4S. The van der Waals surface area contributed by atoms with E-state index >= 15 is 0 Å². The van der Waals surface area contributed by atoms with Crippen molar-refractivity contribution >= 4 is 60.0 Å². The number of anilines is 3. The minimum Gasteiger partial charge on any atom is -0.337 e. The van der Waals surface area contributed by atoms with Crippen LogP contribution in [0.5, 0.6) is 0 Å². The average molecular weight is 576 g/mol. The molecule has 0 amide bonds. The van der Waals surface area contributed by atoms with E-state index in [0.717, 1.165) is 15.6 Å². The number of nitrogens with zero attached hydrogens (tertiary/aromatic N) is 3. The van der Waals surface area contributed by atoms with Gasteiger partial charge in [0.25, 0.3) is 15.7 Å². The van der Waals surface area contributed by atoms with Gasteiger partial charge in [0.2, 0.25) is 0 Å². The molecule has 0 bridgehead atoms. The van der Waals surface area contributed by atoms with Crippen molar-refractivity contribution in [2.75, 3.05) is 10.0 Å². The van der Waals surface area contributed by atoms with Gasteiger partial charge in [-0.3, -0.25) is 14.8 Å². The molecule has 0 fully saturated rings. The SMILES string of the molecule is O=[N+]([O-])c1ccc(-c2cccc(Nc3nc4ccccc4nc3NS(=O)(=O)c3ccc(Br)cc3)c2)cc1. The number of fused-ring (bicyclic) bond motifs is 1. The standard InChI is InChI=1S/C26H18BrN5O4S/c27-19-10-14-22(15-11-19)37(35,36)31-26-25(29-23-6-1-2-7-24(23)30-26)28-20-5-3-4-18(16-20)17-8-12-21(13-9-17)32(33)34/h1-16H,(H,28,29)(H,30,31). The number of hydrogen-bond acceptors (Lipinski definition) is 7. The quantitative estimate of drug-likeness (QED) is 0.167. The van der Waals surface area contributed by atoms with Crippen LogP contribution >= 0.6 is 15.9 Å². The van der Waals surface area contributed by atoms with Gasteiger partial charge in [0, 0.05) is 22.3 Å². The molecule has 0 aliphatic carbocycles. The van der Waals surface area contributed by atoms with Crippen molar-refractivity contribution in [3.8, 4) is 11.1 Å². The third-order valence-corrected chi connectivity index (χ3v) is 7.35. The van der Waals surface area contributed by atoms with Crippen molar-refractivity contribution in [2.24, 2.45) is 0 Å². The number of non-ortho nitro benzene ring substituents is 1. The lowest BCUT2D eigenvalue weighted by Crippen LogP contribution is -2.16. The Morgan fingerprint density at radius 1 is 0.757 bits per heavy atom. The Hall–Kier alpha value is -4.35. The summed E-state index contributed by atoms with van der Waals surface area (Å²) in [5.74, 6) is 0.266. The van der Waals surface area contributed by atoms with Gasteiger partial charge in [-0.25, -0.2) is 18.4 Å². The highest BCUT2D eigenvalue weighted by molar-refractivity contribution is 9.10. The largest absolute Gasteiger partial charge is 0.337 e. The van der Waals surface area contributed by atoms with Gasteiger partial charge in [-0.2, -0.15) is 0 Å². The number of nitro benzene ring substituents is 1. The predicted octanol–water partition coefficient (Wildman–Crippen LogP) is 6.51. The fraction of sp³-hybridized carbons (Fsp3) is 0. The molecule has 0 saturated carbocycles. The van der Waals surface area contributed by atoms with Gasteiger partial charge in [0.1, 0.15) is 0 Å². The van der Waals surface area contributed by atoms with Crippen molar-refractivity contribution in [1.82, 2.24) is 9.97 Å². The number of benzene rings is 4. The highest BCUT2D eigenvalue weighted by Crippen LogP contribution is 2.30. The van der Waals surface area contributed by atoms with Crippen molar-refractivity contribution < 1.29 is 13.3 Å². The van der Waals surface area contributed by atoms with E-state index < -0.39 is 14.9 Å². The highest BCUT2D eigenvalue weighted by atomic mass is 79.9. The lowest BCUT2D eigenvalue weighted by Gasteiger charge is -2.14. The van der Waals surface area contributed by atoms with E-state index in [1.807, 2.05) is 24.3 Å². The van der Waals surface area contributed by atoms with Crippen LogP contribution in [0.15, 0.2) is 106 Å². The van der Waals surface area contributed by atoms with Crippen LogP contribution in [0.3, 0.4) is 0 Å². The number of para-hydroxylation sites is 2. The first kappa shape index (κ1) is 24.3. The molecule has 9 nitrogen and oxygen atoms in total. The van der Waals surface area contributed by atoms with E-state index in [2.05, 4.69) is 35.9 Å². The molecule has 184 valence electrons. The summed E-state index contributed by atoms with van der Waals surface area (Å²) in [7, 11) is -3.94. The summed E-state index contributed by atoms with van der Waals surface area (Å²) in [6.45, 7) is 0. The topological polar surface area (TPSA) is 127 Å². The highest BCUT2D eigenvalue weighted by Gasteiger charge is 2.19. The van der Waals surface area contributed by atoms with Crippen LogP contribution < -0.4 is 10.0 Å². The fourth-order valence-corrected chi connectivity index (χ4v) is 4.92. The number of rotatable bonds is 7. The Morgan fingerprint density at radius 3 is 2.05 bits per heavy atom. The molecular weight excluding hydrogens is 558 g/mol. The zero-order valence-electron chi connectivity index (χ0n) is 19.0. The molecule has 5 aromatic rings. The normalized spacial score (nSPS) is 11.3. The van der Waals surface area contributed by atoms with Gasteiger partial charge < -0.3 is 5.32 Å². The maximum Gasteiger partial charge on any atom is 0.269 e. The Bertz CT molecular complexity index is 1730. The predicted molar refractivity (Wildman–Crippen MR) is 146 cm³/mol. The van der Waals surface area contributed by atoms with Crippen LogP contribution in [0.25, 0.3) is 22.2 Å². The maximum atomic E-state index is 13.1.